The number of rotatable bonds is 5. The van der Waals surface area contributed by atoms with Crippen LogP contribution in [0.4, 0.5) is 5.69 Å². The van der Waals surface area contributed by atoms with Crippen molar-refractivity contribution in [3.05, 3.63) is 65.3 Å². The number of para-hydroxylation sites is 1. The number of H-pyrrole nitrogens is 1. The summed E-state index contributed by atoms with van der Waals surface area (Å²) in [6.07, 6.45) is 4.34. The molecule has 0 radical (unpaired) electrons. The van der Waals surface area contributed by atoms with Crippen LogP contribution in [0, 0.1) is 0 Å². The molecule has 0 aliphatic carbocycles. The van der Waals surface area contributed by atoms with E-state index in [-0.39, 0.29) is 0 Å². The van der Waals surface area contributed by atoms with Crippen LogP contribution in [0.25, 0.3) is 10.9 Å². The van der Waals surface area contributed by atoms with Crippen molar-refractivity contribution < 1.29 is 0 Å². The summed E-state index contributed by atoms with van der Waals surface area (Å²) in [6, 6.07) is 16.6. The number of aromatic amines is 1. The largest absolute Gasteiger partial charge is 0.378 e. The Labute approximate surface area is 130 Å². The Balaban J connectivity index is 1.92. The van der Waals surface area contributed by atoms with Gasteiger partial charge >= 0.3 is 0 Å². The molecule has 3 heteroatoms. The number of anilines is 1. The van der Waals surface area contributed by atoms with Gasteiger partial charge in [-0.3, -0.25) is 0 Å². The van der Waals surface area contributed by atoms with Gasteiger partial charge in [0.05, 0.1) is 6.04 Å². The molecule has 0 bridgehead atoms. The van der Waals surface area contributed by atoms with E-state index in [1.54, 1.807) is 0 Å². The van der Waals surface area contributed by atoms with Crippen LogP contribution in [0.1, 0.15) is 31.4 Å². The lowest BCUT2D eigenvalue weighted by Gasteiger charge is -2.19. The highest BCUT2D eigenvalue weighted by Gasteiger charge is 2.14. The summed E-state index contributed by atoms with van der Waals surface area (Å²) in [4.78, 5) is 3.36. The van der Waals surface area contributed by atoms with Crippen molar-refractivity contribution in [1.29, 1.82) is 0 Å². The number of fused-ring (bicyclic) bond motifs is 1. The molecule has 21 heavy (non-hydrogen) atoms. The summed E-state index contributed by atoms with van der Waals surface area (Å²) in [5.74, 6) is 0. The topological polar surface area (TPSA) is 27.8 Å². The molecule has 0 saturated heterocycles. The molecule has 1 unspecified atom stereocenters. The first kappa shape index (κ1) is 14.0. The van der Waals surface area contributed by atoms with Crippen molar-refractivity contribution in [1.82, 2.24) is 4.98 Å². The Hall–Kier alpha value is -1.93. The van der Waals surface area contributed by atoms with E-state index in [9.17, 15) is 0 Å². The van der Waals surface area contributed by atoms with E-state index in [1.165, 1.54) is 16.5 Å². The standard InChI is InChI=1S/C18H19ClN2/c1-2-5-18(21-14-10-8-13(19)9-11-14)16-12-20-17-7-4-3-6-15(16)17/h3-4,6-12,18,20-21H,2,5H2,1H3. The lowest BCUT2D eigenvalue weighted by Crippen LogP contribution is -2.10. The summed E-state index contributed by atoms with van der Waals surface area (Å²) >= 11 is 5.95. The SMILES string of the molecule is CCCC(Nc1ccc(Cl)cc1)c1c[nH]c2ccccc12. The third-order valence-corrected chi connectivity index (χ3v) is 4.01. The number of halogens is 1. The van der Waals surface area contributed by atoms with Crippen molar-refractivity contribution in [2.75, 3.05) is 5.32 Å². The third-order valence-electron chi connectivity index (χ3n) is 3.76. The summed E-state index contributed by atoms with van der Waals surface area (Å²) in [5.41, 5.74) is 3.61. The third kappa shape index (κ3) is 3.06. The van der Waals surface area contributed by atoms with Crippen LogP contribution < -0.4 is 5.32 Å². The highest BCUT2D eigenvalue weighted by atomic mass is 35.5. The fourth-order valence-electron chi connectivity index (χ4n) is 2.72. The van der Waals surface area contributed by atoms with Gasteiger partial charge in [-0.1, -0.05) is 43.1 Å². The maximum atomic E-state index is 5.95. The first-order valence-corrected chi connectivity index (χ1v) is 7.74. The minimum atomic E-state index is 0.298. The van der Waals surface area contributed by atoms with E-state index in [1.807, 2.05) is 24.3 Å². The van der Waals surface area contributed by atoms with Crippen LogP contribution in [0.5, 0.6) is 0 Å². The van der Waals surface area contributed by atoms with Crippen LogP contribution in [0.15, 0.2) is 54.7 Å². The van der Waals surface area contributed by atoms with Crippen molar-refractivity contribution in [2.24, 2.45) is 0 Å². The van der Waals surface area contributed by atoms with Gasteiger partial charge in [-0.25, -0.2) is 0 Å². The molecule has 2 N–H and O–H groups in total. The molecule has 2 nitrogen and oxygen atoms in total. The number of nitrogens with one attached hydrogen (secondary N) is 2. The summed E-state index contributed by atoms with van der Waals surface area (Å²) in [6.45, 7) is 2.21. The second-order valence-corrected chi connectivity index (χ2v) is 5.72. The van der Waals surface area contributed by atoms with Crippen LogP contribution >= 0.6 is 11.6 Å². The van der Waals surface area contributed by atoms with Gasteiger partial charge in [0.15, 0.2) is 0 Å². The Morgan fingerprint density at radius 3 is 2.62 bits per heavy atom. The molecule has 2 aromatic carbocycles. The average Bonchev–Trinajstić information content (AvgIpc) is 2.93. The molecule has 0 saturated carbocycles. The van der Waals surface area contributed by atoms with Gasteiger partial charge in [-0.15, -0.1) is 0 Å². The normalized spacial score (nSPS) is 12.5. The maximum Gasteiger partial charge on any atom is 0.0534 e. The lowest BCUT2D eigenvalue weighted by molar-refractivity contribution is 0.682. The monoisotopic (exact) mass is 298 g/mol. The Bertz CT molecular complexity index is 715. The van der Waals surface area contributed by atoms with Gasteiger partial charge in [-0.2, -0.15) is 0 Å². The highest BCUT2D eigenvalue weighted by molar-refractivity contribution is 6.30. The molecule has 1 heterocycles. The second-order valence-electron chi connectivity index (χ2n) is 5.28. The Morgan fingerprint density at radius 1 is 1.10 bits per heavy atom. The molecule has 0 aliphatic heterocycles. The van der Waals surface area contributed by atoms with Gasteiger partial charge < -0.3 is 10.3 Å². The van der Waals surface area contributed by atoms with E-state index in [4.69, 9.17) is 11.6 Å². The Kier molecular flexibility index (Phi) is 4.16. The summed E-state index contributed by atoms with van der Waals surface area (Å²) in [7, 11) is 0. The van der Waals surface area contributed by atoms with Gasteiger partial charge in [0.2, 0.25) is 0 Å². The second kappa shape index (κ2) is 6.23. The van der Waals surface area contributed by atoms with E-state index in [0.29, 0.717) is 6.04 Å². The molecule has 3 aromatic rings. The van der Waals surface area contributed by atoms with Gasteiger partial charge in [0.1, 0.15) is 0 Å². The predicted molar refractivity (Wildman–Crippen MR) is 91.0 cm³/mol. The maximum absolute atomic E-state index is 5.95. The van der Waals surface area contributed by atoms with Gasteiger partial charge in [0.25, 0.3) is 0 Å². The molecule has 0 spiro atoms. The molecule has 0 aliphatic rings. The van der Waals surface area contributed by atoms with Crippen LogP contribution in [0.3, 0.4) is 0 Å². The number of benzene rings is 2. The lowest BCUT2D eigenvalue weighted by atomic mass is 10.0. The van der Waals surface area contributed by atoms with Crippen molar-refractivity contribution in [3.8, 4) is 0 Å². The molecular formula is C18H19ClN2. The first-order chi connectivity index (χ1) is 10.3. The fourth-order valence-corrected chi connectivity index (χ4v) is 2.85. The molecule has 108 valence electrons. The minimum absolute atomic E-state index is 0.298. The zero-order chi connectivity index (χ0) is 14.7. The molecule has 1 aromatic heterocycles. The van der Waals surface area contributed by atoms with Crippen LogP contribution in [-0.2, 0) is 0 Å². The van der Waals surface area contributed by atoms with Crippen LogP contribution in [0.2, 0.25) is 5.02 Å². The molecule has 1 atom stereocenters. The predicted octanol–water partition coefficient (Wildman–Crippen LogP) is 5.77. The quantitative estimate of drug-likeness (QED) is 0.614. The van der Waals surface area contributed by atoms with Gasteiger partial charge in [-0.05, 0) is 42.3 Å². The molecular weight excluding hydrogens is 280 g/mol. The summed E-state index contributed by atoms with van der Waals surface area (Å²) < 4.78 is 0. The van der Waals surface area contributed by atoms with Crippen molar-refractivity contribution in [3.63, 3.8) is 0 Å². The zero-order valence-electron chi connectivity index (χ0n) is 12.1. The highest BCUT2D eigenvalue weighted by Crippen LogP contribution is 2.30. The van der Waals surface area contributed by atoms with E-state index < -0.39 is 0 Å². The van der Waals surface area contributed by atoms with Crippen molar-refractivity contribution in [2.45, 2.75) is 25.8 Å². The molecule has 0 amide bonds. The molecule has 3 rings (SSSR count). The van der Waals surface area contributed by atoms with Gasteiger partial charge in [0, 0.05) is 27.8 Å². The van der Waals surface area contributed by atoms with E-state index in [2.05, 4.69) is 47.7 Å². The van der Waals surface area contributed by atoms with E-state index in [0.717, 1.165) is 23.6 Å². The van der Waals surface area contributed by atoms with E-state index >= 15 is 0 Å². The first-order valence-electron chi connectivity index (χ1n) is 7.36. The Morgan fingerprint density at radius 2 is 1.86 bits per heavy atom. The van der Waals surface area contributed by atoms with Crippen molar-refractivity contribution >= 4 is 28.2 Å². The summed E-state index contributed by atoms with van der Waals surface area (Å²) in [5, 5.41) is 5.68. The zero-order valence-corrected chi connectivity index (χ0v) is 12.8. The fraction of sp³-hybridized carbons (Fsp3) is 0.222. The number of aromatic nitrogens is 1. The number of hydrogen-bond acceptors (Lipinski definition) is 1. The minimum Gasteiger partial charge on any atom is -0.378 e. The molecule has 0 fully saturated rings. The smallest absolute Gasteiger partial charge is 0.0534 e. The average molecular weight is 299 g/mol. The van der Waals surface area contributed by atoms with Crippen LogP contribution in [-0.4, -0.2) is 4.98 Å². The number of hydrogen-bond donors (Lipinski definition) is 2.